The Morgan fingerprint density at radius 3 is 2.57 bits per heavy atom. The second-order valence-electron chi connectivity index (χ2n) is 14.5. The molecule has 0 aliphatic carbocycles. The van der Waals surface area contributed by atoms with Crippen molar-refractivity contribution in [3.05, 3.63) is 111 Å². The summed E-state index contributed by atoms with van der Waals surface area (Å²) in [5.74, 6) is 5.87. The van der Waals surface area contributed by atoms with Gasteiger partial charge in [-0.15, -0.1) is 0 Å². The minimum atomic E-state index is -0.616. The number of hydrogen-bond acceptors (Lipinski definition) is 8. The van der Waals surface area contributed by atoms with Crippen LogP contribution in [0, 0.1) is 11.8 Å². The van der Waals surface area contributed by atoms with E-state index in [0.717, 1.165) is 38.9 Å². The third-order valence-electron chi connectivity index (χ3n) is 9.65. The number of anilines is 1. The van der Waals surface area contributed by atoms with Gasteiger partial charge in [0.15, 0.2) is 0 Å². The van der Waals surface area contributed by atoms with Crippen LogP contribution in [-0.4, -0.2) is 55.0 Å². The number of aromatic nitrogens is 4. The Kier molecular flexibility index (Phi) is 9.41. The van der Waals surface area contributed by atoms with Crippen molar-refractivity contribution in [2.24, 2.45) is 14.1 Å². The van der Waals surface area contributed by atoms with Crippen LogP contribution in [0.25, 0.3) is 27.9 Å². The fourth-order valence-corrected chi connectivity index (χ4v) is 6.90. The molecule has 2 aliphatic rings. The van der Waals surface area contributed by atoms with Crippen molar-refractivity contribution in [3.8, 4) is 28.8 Å². The minimum absolute atomic E-state index is 0.0658. The smallest absolute Gasteiger partial charge is 0.328 e. The fraction of sp³-hybridized carbons (Fsp3) is 0.286. The van der Waals surface area contributed by atoms with E-state index in [1.165, 1.54) is 0 Å². The average Bonchev–Trinajstić information content (AvgIpc) is 3.36. The van der Waals surface area contributed by atoms with Gasteiger partial charge >= 0.3 is 5.69 Å². The summed E-state index contributed by atoms with van der Waals surface area (Å²) < 4.78 is 9.84. The zero-order chi connectivity index (χ0) is 38.3. The lowest BCUT2D eigenvalue weighted by Gasteiger charge is -2.31. The van der Waals surface area contributed by atoms with Crippen molar-refractivity contribution in [1.29, 1.82) is 0 Å². The number of ether oxygens (including phenoxy) is 1. The molecule has 0 spiro atoms. The highest BCUT2D eigenvalue weighted by Gasteiger charge is 2.30. The van der Waals surface area contributed by atoms with E-state index in [9.17, 15) is 19.2 Å². The normalized spacial score (nSPS) is 16.1. The Balaban J connectivity index is 1.04. The van der Waals surface area contributed by atoms with Crippen LogP contribution in [-0.2, 0) is 23.7 Å². The lowest BCUT2D eigenvalue weighted by Crippen LogP contribution is -2.47. The highest BCUT2D eigenvalue weighted by atomic mass is 16.5. The van der Waals surface area contributed by atoms with Crippen LogP contribution in [0.15, 0.2) is 77.9 Å². The minimum Gasteiger partial charge on any atom is -0.483 e. The topological polar surface area (TPSA) is 149 Å². The molecule has 274 valence electrons. The highest BCUT2D eigenvalue weighted by Crippen LogP contribution is 2.42. The standard InChI is InChI=1S/C42H41N7O5/c1-24(2)29-18-27(19-35-38(29)49(6)41(53)48(35)5)30-21-42(3,4)54-36-20-34(45-23-31(30)36)26-12-13-32(44-22-26)39(51)43-16-8-10-25-9-7-11-28(17-25)46-33-14-15-37(50)47-40(33)52/h7,9,11-13,17-24,33,46H,14-16H2,1-6H3,(H,43,51)(H,47,50,52). The number of imidazole rings is 1. The van der Waals surface area contributed by atoms with Gasteiger partial charge in [-0.05, 0) is 91.4 Å². The first-order chi connectivity index (χ1) is 25.8. The lowest BCUT2D eigenvalue weighted by atomic mass is 9.88. The Hall–Kier alpha value is -6.48. The van der Waals surface area contributed by atoms with Crippen LogP contribution in [0.1, 0.15) is 79.2 Å². The number of carbonyl (C=O) groups is 3. The van der Waals surface area contributed by atoms with Crippen LogP contribution in [0.4, 0.5) is 5.69 Å². The first kappa shape index (κ1) is 35.9. The van der Waals surface area contributed by atoms with Gasteiger partial charge in [0.05, 0.1) is 23.3 Å². The summed E-state index contributed by atoms with van der Waals surface area (Å²) in [5, 5.41) is 8.27. The summed E-state index contributed by atoms with van der Waals surface area (Å²) in [7, 11) is 3.61. The third-order valence-corrected chi connectivity index (χ3v) is 9.65. The van der Waals surface area contributed by atoms with E-state index < -0.39 is 11.6 Å². The highest BCUT2D eigenvalue weighted by molar-refractivity contribution is 6.01. The molecule has 3 amide bonds. The maximum atomic E-state index is 12.9. The summed E-state index contributed by atoms with van der Waals surface area (Å²) >= 11 is 0. The van der Waals surface area contributed by atoms with E-state index in [4.69, 9.17) is 9.72 Å². The van der Waals surface area contributed by atoms with E-state index in [1.807, 2.05) is 51.2 Å². The summed E-state index contributed by atoms with van der Waals surface area (Å²) in [6, 6.07) is 16.4. The molecule has 0 radical (unpaired) electrons. The lowest BCUT2D eigenvalue weighted by molar-refractivity contribution is -0.133. The van der Waals surface area contributed by atoms with Gasteiger partial charge in [-0.1, -0.05) is 31.8 Å². The molecule has 54 heavy (non-hydrogen) atoms. The first-order valence-electron chi connectivity index (χ1n) is 17.8. The van der Waals surface area contributed by atoms with Gasteiger partial charge in [-0.25, -0.2) is 4.79 Å². The number of nitrogens with zero attached hydrogens (tertiary/aromatic N) is 4. The van der Waals surface area contributed by atoms with E-state index in [-0.39, 0.29) is 48.0 Å². The van der Waals surface area contributed by atoms with E-state index >= 15 is 0 Å². The van der Waals surface area contributed by atoms with Gasteiger partial charge in [0.1, 0.15) is 23.1 Å². The molecule has 3 N–H and O–H groups in total. The summed E-state index contributed by atoms with van der Waals surface area (Å²) in [4.78, 5) is 58.5. The molecule has 1 saturated heterocycles. The molecule has 7 rings (SSSR count). The number of nitrogens with one attached hydrogen (secondary N) is 3. The predicted octanol–water partition coefficient (Wildman–Crippen LogP) is 5.06. The molecule has 2 aromatic carbocycles. The SMILES string of the molecule is CC(C)c1cc(C2=CC(C)(C)Oc3cc(-c4ccc(C(=O)NCC#Cc5cccc(NC6CCC(=O)NC6=O)c5)nc4)ncc32)cc2c1n(C)c(=O)n2C. The molecule has 1 unspecified atom stereocenters. The molecule has 1 atom stereocenters. The van der Waals surface area contributed by atoms with E-state index in [0.29, 0.717) is 29.1 Å². The van der Waals surface area contributed by atoms with Crippen molar-refractivity contribution < 1.29 is 19.1 Å². The van der Waals surface area contributed by atoms with E-state index in [1.54, 1.807) is 40.7 Å². The molecular weight excluding hydrogens is 683 g/mol. The number of benzene rings is 2. The predicted molar refractivity (Wildman–Crippen MR) is 207 cm³/mol. The number of carbonyl (C=O) groups excluding carboxylic acids is 3. The number of aryl methyl sites for hydroxylation is 2. The van der Waals surface area contributed by atoms with Gasteiger partial charge in [0.25, 0.3) is 5.91 Å². The number of hydrogen-bond donors (Lipinski definition) is 3. The van der Waals surface area contributed by atoms with Gasteiger partial charge in [0.2, 0.25) is 11.8 Å². The number of pyridine rings is 2. The van der Waals surface area contributed by atoms with Gasteiger partial charge in [-0.2, -0.15) is 0 Å². The zero-order valence-corrected chi connectivity index (χ0v) is 31.0. The second-order valence-corrected chi connectivity index (χ2v) is 14.5. The zero-order valence-electron chi connectivity index (χ0n) is 31.0. The second kappa shape index (κ2) is 14.2. The van der Waals surface area contributed by atoms with Gasteiger partial charge < -0.3 is 15.4 Å². The molecule has 3 aromatic heterocycles. The quantitative estimate of drug-likeness (QED) is 0.156. The summed E-state index contributed by atoms with van der Waals surface area (Å²) in [6.45, 7) is 8.38. The number of piperidine rings is 1. The Bertz CT molecular complexity index is 2500. The largest absolute Gasteiger partial charge is 0.483 e. The molecular formula is C42H41N7O5. The molecule has 0 saturated carbocycles. The Morgan fingerprint density at radius 1 is 1.02 bits per heavy atom. The third kappa shape index (κ3) is 7.13. The van der Waals surface area contributed by atoms with Crippen LogP contribution in [0.3, 0.4) is 0 Å². The maximum absolute atomic E-state index is 12.9. The van der Waals surface area contributed by atoms with E-state index in [2.05, 4.69) is 64.8 Å². The van der Waals surface area contributed by atoms with Gasteiger partial charge in [-0.3, -0.25) is 38.8 Å². The number of rotatable bonds is 7. The molecule has 1 fully saturated rings. The van der Waals surface area contributed by atoms with Crippen LogP contribution < -0.4 is 26.4 Å². The Labute approximate surface area is 312 Å². The maximum Gasteiger partial charge on any atom is 0.328 e. The number of amides is 3. The molecule has 5 heterocycles. The van der Waals surface area contributed by atoms with Crippen LogP contribution in [0.2, 0.25) is 0 Å². The van der Waals surface area contributed by atoms with Crippen LogP contribution >= 0.6 is 0 Å². The van der Waals surface area contributed by atoms with Crippen molar-refractivity contribution in [2.45, 2.75) is 58.1 Å². The van der Waals surface area contributed by atoms with Crippen LogP contribution in [0.5, 0.6) is 5.75 Å². The van der Waals surface area contributed by atoms with Gasteiger partial charge in [0, 0.05) is 61.4 Å². The average molecular weight is 724 g/mol. The molecule has 12 heteroatoms. The van der Waals surface area contributed by atoms with Crippen molar-refractivity contribution in [3.63, 3.8) is 0 Å². The molecule has 2 aliphatic heterocycles. The summed E-state index contributed by atoms with van der Waals surface area (Å²) in [5.41, 5.74) is 8.05. The fourth-order valence-electron chi connectivity index (χ4n) is 6.90. The molecule has 0 bridgehead atoms. The van der Waals surface area contributed by atoms with Crippen molar-refractivity contribution in [2.75, 3.05) is 11.9 Å². The number of fused-ring (bicyclic) bond motifs is 2. The van der Waals surface area contributed by atoms with Crippen molar-refractivity contribution >= 4 is 40.0 Å². The molecule has 12 nitrogen and oxygen atoms in total. The number of imide groups is 1. The van der Waals surface area contributed by atoms with Crippen molar-refractivity contribution in [1.82, 2.24) is 29.7 Å². The monoisotopic (exact) mass is 723 g/mol. The Morgan fingerprint density at radius 2 is 1.83 bits per heavy atom. The summed E-state index contributed by atoms with van der Waals surface area (Å²) in [6.07, 6.45) is 6.22. The first-order valence-corrected chi connectivity index (χ1v) is 17.8. The molecule has 5 aromatic rings.